The van der Waals surface area contributed by atoms with Crippen molar-refractivity contribution in [1.29, 1.82) is 0 Å². The van der Waals surface area contributed by atoms with Gasteiger partial charge in [0.05, 0.1) is 5.56 Å². The maximum Gasteiger partial charge on any atom is 0.166 e. The molecule has 0 aliphatic heterocycles. The summed E-state index contributed by atoms with van der Waals surface area (Å²) >= 11 is 0. The summed E-state index contributed by atoms with van der Waals surface area (Å²) in [6, 6.07) is 11.1. The molecule has 0 aromatic heterocycles. The Kier molecular flexibility index (Phi) is 3.14. The molecule has 2 nitrogen and oxygen atoms in total. The third-order valence-corrected chi connectivity index (χ3v) is 2.79. The summed E-state index contributed by atoms with van der Waals surface area (Å²) in [6.07, 6.45) is 0.464. The van der Waals surface area contributed by atoms with Crippen molar-refractivity contribution in [2.45, 2.75) is 20.3 Å². The van der Waals surface area contributed by atoms with Crippen molar-refractivity contribution in [3.63, 3.8) is 0 Å². The lowest BCUT2D eigenvalue weighted by molar-refractivity contribution is 0.0965. The lowest BCUT2D eigenvalue weighted by Gasteiger charge is -2.08. The van der Waals surface area contributed by atoms with Crippen LogP contribution in [0.15, 0.2) is 36.4 Å². The van der Waals surface area contributed by atoms with Crippen LogP contribution in [0.2, 0.25) is 0 Å². The zero-order valence-electron chi connectivity index (χ0n) is 10.1. The van der Waals surface area contributed by atoms with Crippen molar-refractivity contribution in [3.8, 4) is 5.75 Å². The molecule has 2 rings (SSSR count). The van der Waals surface area contributed by atoms with E-state index in [4.69, 9.17) is 0 Å². The molecule has 0 heterocycles. The molecular weight excluding hydrogens is 212 g/mol. The standard InChI is InChI=1S/C15H16O2/c1-10(2)9-14(16)13-8-7-11-5-3-4-6-12(11)15(13)17/h3-8,10,17H,9H2,1-2H3. The minimum atomic E-state index is 0.00301. The van der Waals surface area contributed by atoms with Crippen molar-refractivity contribution in [2.24, 2.45) is 5.92 Å². The number of fused-ring (bicyclic) bond motifs is 1. The van der Waals surface area contributed by atoms with E-state index >= 15 is 0 Å². The highest BCUT2D eigenvalue weighted by molar-refractivity contribution is 6.04. The van der Waals surface area contributed by atoms with Crippen molar-refractivity contribution in [1.82, 2.24) is 0 Å². The first-order valence-corrected chi connectivity index (χ1v) is 5.83. The third-order valence-electron chi connectivity index (χ3n) is 2.79. The van der Waals surface area contributed by atoms with Crippen LogP contribution < -0.4 is 0 Å². The van der Waals surface area contributed by atoms with Crippen LogP contribution in [0.5, 0.6) is 5.75 Å². The van der Waals surface area contributed by atoms with Gasteiger partial charge >= 0.3 is 0 Å². The molecule has 0 radical (unpaired) electrons. The van der Waals surface area contributed by atoms with Gasteiger partial charge in [-0.1, -0.05) is 44.2 Å². The summed E-state index contributed by atoms with van der Waals surface area (Å²) in [5.41, 5.74) is 0.428. The Morgan fingerprint density at radius 2 is 1.88 bits per heavy atom. The first kappa shape index (κ1) is 11.6. The molecule has 0 aliphatic carbocycles. The molecule has 0 atom stereocenters. The number of aromatic hydroxyl groups is 1. The van der Waals surface area contributed by atoms with Crippen molar-refractivity contribution < 1.29 is 9.90 Å². The number of carbonyl (C=O) groups is 1. The fraction of sp³-hybridized carbons (Fsp3) is 0.267. The van der Waals surface area contributed by atoms with Crippen LogP contribution in [0.1, 0.15) is 30.6 Å². The van der Waals surface area contributed by atoms with Gasteiger partial charge in [-0.15, -0.1) is 0 Å². The maximum absolute atomic E-state index is 12.0. The van der Waals surface area contributed by atoms with Gasteiger partial charge in [0.2, 0.25) is 0 Å². The van der Waals surface area contributed by atoms with Gasteiger partial charge in [0.1, 0.15) is 5.75 Å². The molecule has 17 heavy (non-hydrogen) atoms. The van der Waals surface area contributed by atoms with E-state index in [1.807, 2.05) is 44.2 Å². The van der Waals surface area contributed by atoms with Crippen LogP contribution in [0, 0.1) is 5.92 Å². The van der Waals surface area contributed by atoms with Gasteiger partial charge in [-0.2, -0.15) is 0 Å². The van der Waals surface area contributed by atoms with Crippen molar-refractivity contribution in [3.05, 3.63) is 42.0 Å². The molecule has 0 saturated carbocycles. The Bertz CT molecular complexity index is 556. The molecule has 88 valence electrons. The molecule has 0 saturated heterocycles. The van der Waals surface area contributed by atoms with E-state index in [0.29, 0.717) is 17.9 Å². The zero-order chi connectivity index (χ0) is 12.4. The molecule has 0 bridgehead atoms. The van der Waals surface area contributed by atoms with E-state index in [1.54, 1.807) is 6.07 Å². The monoisotopic (exact) mass is 228 g/mol. The third kappa shape index (κ3) is 2.31. The number of benzene rings is 2. The van der Waals surface area contributed by atoms with Crippen molar-refractivity contribution in [2.75, 3.05) is 0 Å². The van der Waals surface area contributed by atoms with E-state index in [0.717, 1.165) is 10.8 Å². The van der Waals surface area contributed by atoms with E-state index in [1.165, 1.54) is 0 Å². The van der Waals surface area contributed by atoms with E-state index < -0.39 is 0 Å². The Morgan fingerprint density at radius 1 is 1.18 bits per heavy atom. The molecule has 2 heteroatoms. The second kappa shape index (κ2) is 4.58. The molecular formula is C15H16O2. The number of phenols is 1. The summed E-state index contributed by atoms with van der Waals surface area (Å²) < 4.78 is 0. The molecule has 0 unspecified atom stereocenters. The van der Waals surface area contributed by atoms with Crippen LogP contribution in [-0.4, -0.2) is 10.9 Å². The maximum atomic E-state index is 12.0. The highest BCUT2D eigenvalue weighted by Gasteiger charge is 2.14. The highest BCUT2D eigenvalue weighted by atomic mass is 16.3. The lowest BCUT2D eigenvalue weighted by Crippen LogP contribution is -2.03. The van der Waals surface area contributed by atoms with Gasteiger partial charge in [0.15, 0.2) is 5.78 Å². The first-order chi connectivity index (χ1) is 8.09. The van der Waals surface area contributed by atoms with E-state index in [9.17, 15) is 9.90 Å². The Balaban J connectivity index is 2.49. The number of phenolic OH excluding ortho intramolecular Hbond substituents is 1. The van der Waals surface area contributed by atoms with Crippen molar-refractivity contribution >= 4 is 16.6 Å². The Morgan fingerprint density at radius 3 is 2.59 bits per heavy atom. The summed E-state index contributed by atoms with van der Waals surface area (Å²) in [5, 5.41) is 11.8. The predicted octanol–water partition coefficient (Wildman–Crippen LogP) is 3.77. The molecule has 0 amide bonds. The van der Waals surface area contributed by atoms with Crippen LogP contribution in [0.3, 0.4) is 0 Å². The number of hydrogen-bond acceptors (Lipinski definition) is 2. The van der Waals surface area contributed by atoms with Gasteiger partial charge in [0.25, 0.3) is 0 Å². The van der Waals surface area contributed by atoms with Gasteiger partial charge < -0.3 is 5.11 Å². The van der Waals surface area contributed by atoms with Crippen LogP contribution in [0.25, 0.3) is 10.8 Å². The van der Waals surface area contributed by atoms with Crippen LogP contribution >= 0.6 is 0 Å². The van der Waals surface area contributed by atoms with E-state index in [-0.39, 0.29) is 11.5 Å². The smallest absolute Gasteiger partial charge is 0.166 e. The minimum absolute atomic E-state index is 0.00301. The summed E-state index contributed by atoms with van der Waals surface area (Å²) in [4.78, 5) is 12.0. The van der Waals surface area contributed by atoms with Crippen LogP contribution in [0.4, 0.5) is 0 Å². The van der Waals surface area contributed by atoms with Gasteiger partial charge in [-0.3, -0.25) is 4.79 Å². The fourth-order valence-corrected chi connectivity index (χ4v) is 1.96. The quantitative estimate of drug-likeness (QED) is 0.812. The van der Waals surface area contributed by atoms with E-state index in [2.05, 4.69) is 0 Å². The number of carbonyl (C=O) groups excluding carboxylic acids is 1. The summed E-state index contributed by atoms with van der Waals surface area (Å²) in [7, 11) is 0. The zero-order valence-corrected chi connectivity index (χ0v) is 10.1. The number of ketones is 1. The molecule has 0 fully saturated rings. The molecule has 1 N–H and O–H groups in total. The lowest BCUT2D eigenvalue weighted by atomic mass is 9.97. The van der Waals surface area contributed by atoms with Gasteiger partial charge in [0, 0.05) is 11.8 Å². The topological polar surface area (TPSA) is 37.3 Å². The number of Topliss-reactive ketones (excluding diaryl/α,β-unsaturated/α-hetero) is 1. The average molecular weight is 228 g/mol. The SMILES string of the molecule is CC(C)CC(=O)c1ccc2ccccc2c1O. The molecule has 2 aromatic carbocycles. The first-order valence-electron chi connectivity index (χ1n) is 5.83. The normalized spacial score (nSPS) is 11.0. The second-order valence-electron chi connectivity index (χ2n) is 4.70. The number of rotatable bonds is 3. The molecule has 2 aromatic rings. The van der Waals surface area contributed by atoms with Crippen LogP contribution in [-0.2, 0) is 0 Å². The second-order valence-corrected chi connectivity index (χ2v) is 4.70. The highest BCUT2D eigenvalue weighted by Crippen LogP contribution is 2.29. The largest absolute Gasteiger partial charge is 0.507 e. The average Bonchev–Trinajstić information content (AvgIpc) is 2.28. The number of hydrogen-bond donors (Lipinski definition) is 1. The summed E-state index contributed by atoms with van der Waals surface area (Å²) in [6.45, 7) is 3.99. The Hall–Kier alpha value is -1.83. The predicted molar refractivity (Wildman–Crippen MR) is 69.4 cm³/mol. The Labute approximate surface area is 101 Å². The fourth-order valence-electron chi connectivity index (χ4n) is 1.96. The van der Waals surface area contributed by atoms with Gasteiger partial charge in [-0.05, 0) is 17.4 Å². The molecule has 0 aliphatic rings. The summed E-state index contributed by atoms with van der Waals surface area (Å²) in [5.74, 6) is 0.408. The van der Waals surface area contributed by atoms with Gasteiger partial charge in [-0.25, -0.2) is 0 Å². The minimum Gasteiger partial charge on any atom is -0.507 e. The molecule has 0 spiro atoms.